The predicted molar refractivity (Wildman–Crippen MR) is 63.3 cm³/mol. The smallest absolute Gasteiger partial charge is 0.212 e. The van der Waals surface area contributed by atoms with Gasteiger partial charge in [-0.25, -0.2) is 0 Å². The Hall–Kier alpha value is -2.46. The van der Waals surface area contributed by atoms with E-state index < -0.39 is 0 Å². The number of hydrogen-bond acceptors (Lipinski definition) is 6. The van der Waals surface area contributed by atoms with Crippen LogP contribution in [-0.4, -0.2) is 31.7 Å². The number of pyridine rings is 1. The van der Waals surface area contributed by atoms with E-state index in [1.165, 1.54) is 4.80 Å². The Morgan fingerprint density at radius 1 is 1.44 bits per heavy atom. The number of hydrogen-bond donors (Lipinski definition) is 1. The molecule has 2 aromatic rings. The number of aromatic nitrogens is 5. The minimum atomic E-state index is 0.239. The fourth-order valence-corrected chi connectivity index (χ4v) is 1.25. The highest BCUT2D eigenvalue weighted by Crippen LogP contribution is 2.11. The topological polar surface area (TPSA) is 91.7 Å². The molecule has 2 N–H and O–H groups in total. The van der Waals surface area contributed by atoms with Gasteiger partial charge in [0.15, 0.2) is 6.61 Å². The molecular weight excluding hydrogens is 232 g/mol. The molecule has 0 aliphatic heterocycles. The van der Waals surface area contributed by atoms with Crippen LogP contribution in [0, 0.1) is 11.8 Å². The van der Waals surface area contributed by atoms with Crippen molar-refractivity contribution < 1.29 is 4.74 Å². The van der Waals surface area contributed by atoms with Crippen molar-refractivity contribution in [3.63, 3.8) is 0 Å². The van der Waals surface area contributed by atoms with Crippen LogP contribution < -0.4 is 10.5 Å². The van der Waals surface area contributed by atoms with Gasteiger partial charge in [0.25, 0.3) is 0 Å². The molecule has 7 heteroatoms. The summed E-state index contributed by atoms with van der Waals surface area (Å²) < 4.78 is 5.49. The van der Waals surface area contributed by atoms with Gasteiger partial charge in [-0.3, -0.25) is 4.98 Å². The molecule has 18 heavy (non-hydrogen) atoms. The quantitative estimate of drug-likeness (QED) is 0.731. The number of nitrogens with zero attached hydrogens (tertiary/aromatic N) is 5. The summed E-state index contributed by atoms with van der Waals surface area (Å²) in [4.78, 5) is 5.40. The Labute approximate surface area is 104 Å². The molecular formula is C11H12N6O. The molecule has 2 heterocycles. The first-order valence-corrected chi connectivity index (χ1v) is 5.27. The zero-order valence-electron chi connectivity index (χ0n) is 9.87. The van der Waals surface area contributed by atoms with Gasteiger partial charge in [0.1, 0.15) is 5.75 Å². The van der Waals surface area contributed by atoms with E-state index in [1.807, 2.05) is 0 Å². The number of aryl methyl sites for hydroxylation is 1. The van der Waals surface area contributed by atoms with E-state index in [2.05, 4.69) is 32.2 Å². The van der Waals surface area contributed by atoms with Crippen molar-refractivity contribution in [2.45, 2.75) is 6.61 Å². The van der Waals surface area contributed by atoms with Gasteiger partial charge in [-0.1, -0.05) is 11.8 Å². The molecule has 92 valence electrons. The van der Waals surface area contributed by atoms with Gasteiger partial charge in [-0.2, -0.15) is 4.80 Å². The number of tetrazole rings is 1. The van der Waals surface area contributed by atoms with Gasteiger partial charge in [0, 0.05) is 11.8 Å². The Balaban J connectivity index is 2.01. The summed E-state index contributed by atoms with van der Waals surface area (Å²) in [6.45, 7) is 0.553. The zero-order chi connectivity index (χ0) is 12.8. The highest BCUT2D eigenvalue weighted by atomic mass is 16.5. The predicted octanol–water partition coefficient (Wildman–Crippen LogP) is -0.506. The van der Waals surface area contributed by atoms with Crippen LogP contribution in [0.4, 0.5) is 0 Å². The van der Waals surface area contributed by atoms with Crippen molar-refractivity contribution in [2.24, 2.45) is 12.8 Å². The minimum Gasteiger partial charge on any atom is -0.484 e. The van der Waals surface area contributed by atoms with Crippen LogP contribution in [0.3, 0.4) is 0 Å². The fraction of sp³-hybridized carbons (Fsp3) is 0.273. The maximum absolute atomic E-state index is 5.49. The van der Waals surface area contributed by atoms with Crippen LogP contribution >= 0.6 is 0 Å². The molecule has 0 spiro atoms. The summed E-state index contributed by atoms with van der Waals surface area (Å²) in [7, 11) is 1.70. The van der Waals surface area contributed by atoms with Gasteiger partial charge in [0.2, 0.25) is 5.82 Å². The van der Waals surface area contributed by atoms with Crippen molar-refractivity contribution in [1.29, 1.82) is 0 Å². The first-order valence-electron chi connectivity index (χ1n) is 5.27. The van der Waals surface area contributed by atoms with Crippen LogP contribution in [0.2, 0.25) is 0 Å². The zero-order valence-corrected chi connectivity index (χ0v) is 9.87. The van der Waals surface area contributed by atoms with Crippen LogP contribution in [0.5, 0.6) is 5.75 Å². The Morgan fingerprint density at radius 2 is 2.33 bits per heavy atom. The highest BCUT2D eigenvalue weighted by Gasteiger charge is 2.02. The van der Waals surface area contributed by atoms with Crippen LogP contribution in [0.15, 0.2) is 18.5 Å². The Bertz CT molecular complexity index is 582. The SMILES string of the molecule is Cn1nnc(COc2cncc(C#CCN)c2)n1. The van der Waals surface area contributed by atoms with E-state index >= 15 is 0 Å². The van der Waals surface area contributed by atoms with Crippen LogP contribution in [0.25, 0.3) is 0 Å². The van der Waals surface area contributed by atoms with Crippen LogP contribution in [-0.2, 0) is 13.7 Å². The second-order valence-electron chi connectivity index (χ2n) is 3.40. The number of nitrogens with two attached hydrogens (primary N) is 1. The van der Waals surface area contributed by atoms with E-state index in [4.69, 9.17) is 10.5 Å². The van der Waals surface area contributed by atoms with Crippen molar-refractivity contribution in [1.82, 2.24) is 25.2 Å². The first kappa shape index (κ1) is 12.0. The maximum atomic E-state index is 5.49. The molecule has 7 nitrogen and oxygen atoms in total. The van der Waals surface area contributed by atoms with Crippen molar-refractivity contribution in [3.05, 3.63) is 29.8 Å². The largest absolute Gasteiger partial charge is 0.484 e. The lowest BCUT2D eigenvalue weighted by molar-refractivity contribution is 0.294. The monoisotopic (exact) mass is 244 g/mol. The van der Waals surface area contributed by atoms with E-state index in [1.54, 1.807) is 25.5 Å². The third-order valence-corrected chi connectivity index (χ3v) is 1.97. The fourth-order valence-electron chi connectivity index (χ4n) is 1.25. The Morgan fingerprint density at radius 3 is 3.06 bits per heavy atom. The Kier molecular flexibility index (Phi) is 3.83. The van der Waals surface area contributed by atoms with Gasteiger partial charge < -0.3 is 10.5 Å². The summed E-state index contributed by atoms with van der Waals surface area (Å²) in [6, 6.07) is 1.78. The second kappa shape index (κ2) is 5.75. The van der Waals surface area contributed by atoms with Gasteiger partial charge >= 0.3 is 0 Å². The molecule has 0 bridgehead atoms. The summed E-state index contributed by atoms with van der Waals surface area (Å²) in [5, 5.41) is 11.5. The average molecular weight is 244 g/mol. The standard InChI is InChI=1S/C11H12N6O/c1-17-15-11(14-16-17)8-18-10-5-9(3-2-4-12)6-13-7-10/h5-7H,4,8,12H2,1H3. The van der Waals surface area contributed by atoms with E-state index in [0.717, 1.165) is 5.56 Å². The average Bonchev–Trinajstić information content (AvgIpc) is 2.80. The molecule has 2 rings (SSSR count). The van der Waals surface area contributed by atoms with Crippen molar-refractivity contribution in [2.75, 3.05) is 6.54 Å². The molecule has 0 unspecified atom stereocenters. The maximum Gasteiger partial charge on any atom is 0.212 e. The van der Waals surface area contributed by atoms with Crippen molar-refractivity contribution >= 4 is 0 Å². The van der Waals surface area contributed by atoms with Gasteiger partial charge in [-0.15, -0.1) is 10.2 Å². The molecule has 0 radical (unpaired) electrons. The molecule has 0 aromatic carbocycles. The second-order valence-corrected chi connectivity index (χ2v) is 3.40. The highest BCUT2D eigenvalue weighted by molar-refractivity contribution is 5.36. The lowest BCUT2D eigenvalue weighted by Gasteiger charge is -2.02. The van der Waals surface area contributed by atoms with Gasteiger partial charge in [0.05, 0.1) is 19.8 Å². The summed E-state index contributed by atoms with van der Waals surface area (Å²) >= 11 is 0. The molecule has 0 aliphatic carbocycles. The summed E-state index contributed by atoms with van der Waals surface area (Å²) in [5.41, 5.74) is 6.06. The van der Waals surface area contributed by atoms with E-state index in [-0.39, 0.29) is 6.61 Å². The van der Waals surface area contributed by atoms with Crippen LogP contribution in [0.1, 0.15) is 11.4 Å². The molecule has 2 aromatic heterocycles. The molecule has 0 atom stereocenters. The third kappa shape index (κ3) is 3.26. The van der Waals surface area contributed by atoms with Gasteiger partial charge in [-0.05, 0) is 11.3 Å². The van der Waals surface area contributed by atoms with Crippen molar-refractivity contribution in [3.8, 4) is 17.6 Å². The number of rotatable bonds is 3. The van der Waals surface area contributed by atoms with E-state index in [9.17, 15) is 0 Å². The molecule has 0 aliphatic rings. The van der Waals surface area contributed by atoms with E-state index in [0.29, 0.717) is 18.1 Å². The third-order valence-electron chi connectivity index (χ3n) is 1.97. The minimum absolute atomic E-state index is 0.239. The first-order chi connectivity index (χ1) is 8.78. The summed E-state index contributed by atoms with van der Waals surface area (Å²) in [6.07, 6.45) is 3.25. The molecule has 0 saturated heterocycles. The lowest BCUT2D eigenvalue weighted by Crippen LogP contribution is -1.99. The normalized spacial score (nSPS) is 9.67. The lowest BCUT2D eigenvalue weighted by atomic mass is 10.3. The molecule has 0 saturated carbocycles. The molecule has 0 amide bonds. The molecule has 0 fully saturated rings. The summed E-state index contributed by atoms with van der Waals surface area (Å²) in [5.74, 6) is 6.75. The number of ether oxygens (including phenoxy) is 1.